The van der Waals surface area contributed by atoms with Crippen LogP contribution in [0, 0.1) is 0 Å². The van der Waals surface area contributed by atoms with Gasteiger partial charge in [-0.3, -0.25) is 0 Å². The number of hydrogen-bond acceptors (Lipinski definition) is 0. The van der Waals surface area contributed by atoms with Crippen molar-refractivity contribution < 1.29 is 0 Å². The van der Waals surface area contributed by atoms with Gasteiger partial charge in [-0.15, -0.1) is 0 Å². The molecule has 0 amide bonds. The zero-order valence-electron chi connectivity index (χ0n) is 8.51. The van der Waals surface area contributed by atoms with E-state index in [2.05, 4.69) is 42.2 Å². The lowest BCUT2D eigenvalue weighted by atomic mass is 9.68. The Morgan fingerprint density at radius 2 is 2.00 bits per heavy atom. The Bertz CT molecular complexity index is 430. The lowest BCUT2D eigenvalue weighted by Crippen LogP contribution is -2.30. The summed E-state index contributed by atoms with van der Waals surface area (Å²) in [5.41, 5.74) is 3.12. The third-order valence-electron chi connectivity index (χ3n) is 3.64. The summed E-state index contributed by atoms with van der Waals surface area (Å²) in [6.07, 6.45) is 4.05. The summed E-state index contributed by atoms with van der Waals surface area (Å²) in [7, 11) is 0. The quantitative estimate of drug-likeness (QED) is 0.698. The van der Waals surface area contributed by atoms with Crippen LogP contribution in [0.15, 0.2) is 30.3 Å². The second-order valence-electron chi connectivity index (χ2n) is 4.68. The van der Waals surface area contributed by atoms with E-state index in [1.807, 2.05) is 0 Å². The highest BCUT2D eigenvalue weighted by Crippen LogP contribution is 2.43. The number of fused-ring (bicyclic) bond motifs is 1. The van der Waals surface area contributed by atoms with E-state index in [1.54, 1.807) is 0 Å². The molecule has 0 radical (unpaired) electrons. The number of para-hydroxylation sites is 1. The van der Waals surface area contributed by atoms with Crippen molar-refractivity contribution in [2.75, 3.05) is 0 Å². The fourth-order valence-corrected chi connectivity index (χ4v) is 2.37. The summed E-state index contributed by atoms with van der Waals surface area (Å²) in [6.45, 7) is 2.36. The van der Waals surface area contributed by atoms with Crippen LogP contribution in [0.25, 0.3) is 10.9 Å². The van der Waals surface area contributed by atoms with Crippen molar-refractivity contribution in [1.82, 2.24) is 4.98 Å². The zero-order chi connectivity index (χ0) is 9.60. The standard InChI is InChI=1S/C13H15N/c1-13(7-4-8-13)12-9-10-5-2-3-6-11(10)14-12/h2-3,5-6,9,14H,4,7-8H2,1H3. The molecular formula is C13H15N. The van der Waals surface area contributed by atoms with Crippen molar-refractivity contribution in [3.05, 3.63) is 36.0 Å². The van der Waals surface area contributed by atoms with Gasteiger partial charge in [-0.05, 0) is 30.4 Å². The van der Waals surface area contributed by atoms with Crippen LogP contribution in [0.4, 0.5) is 0 Å². The lowest BCUT2D eigenvalue weighted by Gasteiger charge is -2.37. The van der Waals surface area contributed by atoms with E-state index >= 15 is 0 Å². The van der Waals surface area contributed by atoms with Crippen molar-refractivity contribution in [3.8, 4) is 0 Å². The summed E-state index contributed by atoms with van der Waals surface area (Å²) in [6, 6.07) is 10.8. The van der Waals surface area contributed by atoms with Crippen molar-refractivity contribution in [2.24, 2.45) is 0 Å². The van der Waals surface area contributed by atoms with Crippen molar-refractivity contribution in [3.63, 3.8) is 0 Å². The molecule has 2 aromatic rings. The number of aromatic nitrogens is 1. The molecule has 1 aromatic carbocycles. The molecule has 0 bridgehead atoms. The molecule has 1 aliphatic carbocycles. The Morgan fingerprint density at radius 3 is 2.64 bits per heavy atom. The molecule has 1 heteroatoms. The van der Waals surface area contributed by atoms with Crippen LogP contribution in [0.3, 0.4) is 0 Å². The van der Waals surface area contributed by atoms with Crippen LogP contribution in [-0.4, -0.2) is 4.98 Å². The minimum atomic E-state index is 0.430. The van der Waals surface area contributed by atoms with Crippen LogP contribution in [0.1, 0.15) is 31.9 Å². The second kappa shape index (κ2) is 2.63. The van der Waals surface area contributed by atoms with Crippen molar-refractivity contribution in [2.45, 2.75) is 31.6 Å². The highest BCUT2D eigenvalue weighted by molar-refractivity contribution is 5.80. The molecule has 0 unspecified atom stereocenters. The van der Waals surface area contributed by atoms with Gasteiger partial charge < -0.3 is 4.98 Å². The smallest absolute Gasteiger partial charge is 0.0456 e. The van der Waals surface area contributed by atoms with Gasteiger partial charge in [-0.1, -0.05) is 31.5 Å². The van der Waals surface area contributed by atoms with E-state index < -0.39 is 0 Å². The molecule has 1 N–H and O–H groups in total. The summed E-state index contributed by atoms with van der Waals surface area (Å²) < 4.78 is 0. The predicted molar refractivity (Wildman–Crippen MR) is 59.5 cm³/mol. The Hall–Kier alpha value is -1.24. The van der Waals surface area contributed by atoms with Crippen molar-refractivity contribution >= 4 is 10.9 Å². The first-order valence-electron chi connectivity index (χ1n) is 5.36. The van der Waals surface area contributed by atoms with E-state index in [-0.39, 0.29) is 0 Å². The molecule has 14 heavy (non-hydrogen) atoms. The highest BCUT2D eigenvalue weighted by atomic mass is 14.7. The third kappa shape index (κ3) is 1.02. The molecule has 1 fully saturated rings. The topological polar surface area (TPSA) is 15.8 Å². The molecule has 0 spiro atoms. The van der Waals surface area contributed by atoms with Gasteiger partial charge in [0.2, 0.25) is 0 Å². The van der Waals surface area contributed by atoms with E-state index in [4.69, 9.17) is 0 Å². The fourth-order valence-electron chi connectivity index (χ4n) is 2.37. The number of H-pyrrole nitrogens is 1. The minimum Gasteiger partial charge on any atom is -0.358 e. The lowest BCUT2D eigenvalue weighted by molar-refractivity contribution is 0.266. The summed E-state index contributed by atoms with van der Waals surface area (Å²) in [4.78, 5) is 3.54. The van der Waals surface area contributed by atoms with Gasteiger partial charge in [0.1, 0.15) is 0 Å². The average molecular weight is 185 g/mol. The monoisotopic (exact) mass is 185 g/mol. The van der Waals surface area contributed by atoms with Crippen LogP contribution in [0.2, 0.25) is 0 Å². The van der Waals surface area contributed by atoms with E-state index in [9.17, 15) is 0 Å². The molecule has 0 aliphatic heterocycles. The van der Waals surface area contributed by atoms with Crippen LogP contribution >= 0.6 is 0 Å². The molecule has 1 nitrogen and oxygen atoms in total. The molecule has 3 rings (SSSR count). The maximum atomic E-state index is 3.54. The molecular weight excluding hydrogens is 170 g/mol. The number of aromatic amines is 1. The van der Waals surface area contributed by atoms with Gasteiger partial charge in [0.25, 0.3) is 0 Å². The molecule has 0 saturated heterocycles. The van der Waals surface area contributed by atoms with Gasteiger partial charge >= 0.3 is 0 Å². The number of rotatable bonds is 1. The Labute approximate surface area is 84.1 Å². The molecule has 0 atom stereocenters. The molecule has 1 aliphatic rings. The van der Waals surface area contributed by atoms with E-state index in [1.165, 1.54) is 35.9 Å². The summed E-state index contributed by atoms with van der Waals surface area (Å²) in [5.74, 6) is 0. The first kappa shape index (κ1) is 8.10. The summed E-state index contributed by atoms with van der Waals surface area (Å²) in [5, 5.41) is 1.34. The highest BCUT2D eigenvalue weighted by Gasteiger charge is 2.34. The number of benzene rings is 1. The number of hydrogen-bond donors (Lipinski definition) is 1. The Kier molecular flexibility index (Phi) is 1.52. The Balaban J connectivity index is 2.14. The first-order chi connectivity index (χ1) is 6.78. The summed E-state index contributed by atoms with van der Waals surface area (Å²) >= 11 is 0. The van der Waals surface area contributed by atoms with Crippen molar-refractivity contribution in [1.29, 1.82) is 0 Å². The normalized spacial score (nSPS) is 19.5. The van der Waals surface area contributed by atoms with Gasteiger partial charge in [0.05, 0.1) is 0 Å². The molecule has 1 heterocycles. The first-order valence-corrected chi connectivity index (χ1v) is 5.36. The minimum absolute atomic E-state index is 0.430. The maximum absolute atomic E-state index is 3.54. The zero-order valence-corrected chi connectivity index (χ0v) is 8.51. The van der Waals surface area contributed by atoms with Crippen LogP contribution in [0.5, 0.6) is 0 Å². The average Bonchev–Trinajstić information content (AvgIpc) is 2.57. The van der Waals surface area contributed by atoms with Crippen LogP contribution < -0.4 is 0 Å². The Morgan fingerprint density at radius 1 is 1.21 bits per heavy atom. The van der Waals surface area contributed by atoms with Gasteiger partial charge in [0.15, 0.2) is 0 Å². The largest absolute Gasteiger partial charge is 0.358 e. The number of nitrogens with one attached hydrogen (secondary N) is 1. The predicted octanol–water partition coefficient (Wildman–Crippen LogP) is 3.61. The van der Waals surface area contributed by atoms with Gasteiger partial charge in [0, 0.05) is 16.6 Å². The molecule has 1 aromatic heterocycles. The second-order valence-corrected chi connectivity index (χ2v) is 4.68. The van der Waals surface area contributed by atoms with Gasteiger partial charge in [-0.2, -0.15) is 0 Å². The van der Waals surface area contributed by atoms with Crippen LogP contribution in [-0.2, 0) is 5.41 Å². The SMILES string of the molecule is CC1(c2cc3ccccc3[nH]2)CCC1. The fraction of sp³-hybridized carbons (Fsp3) is 0.385. The van der Waals surface area contributed by atoms with E-state index in [0.717, 1.165) is 0 Å². The molecule has 72 valence electrons. The van der Waals surface area contributed by atoms with Gasteiger partial charge in [-0.25, -0.2) is 0 Å². The maximum Gasteiger partial charge on any atom is 0.0456 e. The van der Waals surface area contributed by atoms with E-state index in [0.29, 0.717) is 5.41 Å². The third-order valence-corrected chi connectivity index (χ3v) is 3.64. The molecule has 1 saturated carbocycles.